The molecule has 0 unspecified atom stereocenters. The van der Waals surface area contributed by atoms with E-state index in [1.807, 2.05) is 27.7 Å². The molecule has 0 aliphatic rings. The van der Waals surface area contributed by atoms with Crippen LogP contribution in [0.2, 0.25) is 0 Å². The maximum absolute atomic E-state index is 10.9. The highest BCUT2D eigenvalue weighted by atomic mass is 16.6. The number of nitro benzene ring substituents is 1. The second-order valence-corrected chi connectivity index (χ2v) is 6.06. The van der Waals surface area contributed by atoms with Crippen LogP contribution in [0.15, 0.2) is 22.7 Å². The summed E-state index contributed by atoms with van der Waals surface area (Å²) in [4.78, 5) is 14.7. The molecule has 0 radical (unpaired) electrons. The highest BCUT2D eigenvalue weighted by Crippen LogP contribution is 2.31. The summed E-state index contributed by atoms with van der Waals surface area (Å²) in [5, 5.41) is 14.8. The Morgan fingerprint density at radius 1 is 1.38 bits per heavy atom. The third-order valence-corrected chi connectivity index (χ3v) is 3.31. The predicted molar refractivity (Wildman–Crippen MR) is 77.5 cm³/mol. The second-order valence-electron chi connectivity index (χ2n) is 6.06. The maximum atomic E-state index is 10.9. The summed E-state index contributed by atoms with van der Waals surface area (Å²) in [6, 6.07) is 4.14. The first kappa shape index (κ1) is 15.1. The SMILES string of the molecule is Cc1ccc([N+](=O)[O-])cc1-c1noc([C@@H](N)C(C)(C)C)n1. The zero-order chi connectivity index (χ0) is 15.8. The number of hydrogen-bond acceptors (Lipinski definition) is 6. The summed E-state index contributed by atoms with van der Waals surface area (Å²) in [7, 11) is 0. The molecule has 0 fully saturated rings. The number of rotatable bonds is 3. The van der Waals surface area contributed by atoms with Crippen LogP contribution in [-0.2, 0) is 0 Å². The van der Waals surface area contributed by atoms with E-state index in [4.69, 9.17) is 10.3 Å². The van der Waals surface area contributed by atoms with Gasteiger partial charge in [-0.15, -0.1) is 0 Å². The van der Waals surface area contributed by atoms with Gasteiger partial charge >= 0.3 is 0 Å². The second kappa shape index (κ2) is 5.25. The van der Waals surface area contributed by atoms with E-state index in [0.29, 0.717) is 17.3 Å². The van der Waals surface area contributed by atoms with Gasteiger partial charge in [-0.25, -0.2) is 0 Å². The Bertz CT molecular complexity index is 673. The first-order valence-corrected chi connectivity index (χ1v) is 6.54. The molecule has 1 atom stereocenters. The molecule has 7 heteroatoms. The molecular formula is C14H18N4O3. The molecule has 0 bridgehead atoms. The molecule has 1 aromatic heterocycles. The van der Waals surface area contributed by atoms with E-state index in [1.54, 1.807) is 6.07 Å². The molecule has 0 amide bonds. The first-order valence-electron chi connectivity index (χ1n) is 6.54. The van der Waals surface area contributed by atoms with Crippen LogP contribution in [-0.4, -0.2) is 15.1 Å². The Morgan fingerprint density at radius 2 is 2.05 bits per heavy atom. The zero-order valence-corrected chi connectivity index (χ0v) is 12.5. The lowest BCUT2D eigenvalue weighted by molar-refractivity contribution is -0.384. The van der Waals surface area contributed by atoms with Crippen LogP contribution in [0.5, 0.6) is 0 Å². The standard InChI is InChI=1S/C14H18N4O3/c1-8-5-6-9(18(19)20)7-10(8)12-16-13(21-17-12)11(15)14(2,3)4/h5-7,11H,15H2,1-4H3/t11-/m1/s1. The number of aryl methyl sites for hydroxylation is 1. The van der Waals surface area contributed by atoms with Gasteiger partial charge in [-0.2, -0.15) is 4.98 Å². The molecule has 0 aliphatic carbocycles. The van der Waals surface area contributed by atoms with Crippen LogP contribution < -0.4 is 5.73 Å². The van der Waals surface area contributed by atoms with Crippen LogP contribution in [0.25, 0.3) is 11.4 Å². The van der Waals surface area contributed by atoms with Crippen molar-refractivity contribution in [1.29, 1.82) is 0 Å². The van der Waals surface area contributed by atoms with E-state index < -0.39 is 11.0 Å². The monoisotopic (exact) mass is 290 g/mol. The molecule has 0 aliphatic heterocycles. The molecule has 2 rings (SSSR count). The van der Waals surface area contributed by atoms with E-state index in [2.05, 4.69) is 10.1 Å². The molecule has 0 spiro atoms. The Hall–Kier alpha value is -2.28. The van der Waals surface area contributed by atoms with Crippen molar-refractivity contribution in [3.8, 4) is 11.4 Å². The molecule has 21 heavy (non-hydrogen) atoms. The van der Waals surface area contributed by atoms with Gasteiger partial charge in [0.05, 0.1) is 11.0 Å². The Balaban J connectivity index is 2.42. The molecule has 112 valence electrons. The summed E-state index contributed by atoms with van der Waals surface area (Å²) < 4.78 is 5.21. The zero-order valence-electron chi connectivity index (χ0n) is 12.5. The lowest BCUT2D eigenvalue weighted by atomic mass is 9.87. The Morgan fingerprint density at radius 3 is 2.62 bits per heavy atom. The topological polar surface area (TPSA) is 108 Å². The van der Waals surface area contributed by atoms with Crippen molar-refractivity contribution < 1.29 is 9.45 Å². The number of non-ortho nitro benzene ring substituents is 1. The van der Waals surface area contributed by atoms with Crippen molar-refractivity contribution in [3.05, 3.63) is 39.8 Å². The number of aromatic nitrogens is 2. The van der Waals surface area contributed by atoms with Crippen LogP contribution in [0.4, 0.5) is 5.69 Å². The number of hydrogen-bond donors (Lipinski definition) is 1. The number of nitrogens with two attached hydrogens (primary N) is 1. The van der Waals surface area contributed by atoms with E-state index in [9.17, 15) is 10.1 Å². The third kappa shape index (κ3) is 3.08. The van der Waals surface area contributed by atoms with Gasteiger partial charge in [0, 0.05) is 17.7 Å². The fourth-order valence-electron chi connectivity index (χ4n) is 1.81. The van der Waals surface area contributed by atoms with Crippen LogP contribution >= 0.6 is 0 Å². The molecule has 2 aromatic rings. The highest BCUT2D eigenvalue weighted by molar-refractivity contribution is 5.63. The van der Waals surface area contributed by atoms with Crippen molar-refractivity contribution in [3.63, 3.8) is 0 Å². The summed E-state index contributed by atoms with van der Waals surface area (Å²) in [5.41, 5.74) is 7.24. The van der Waals surface area contributed by atoms with Gasteiger partial charge in [0.25, 0.3) is 5.69 Å². The van der Waals surface area contributed by atoms with Crippen molar-refractivity contribution in [1.82, 2.24) is 10.1 Å². The van der Waals surface area contributed by atoms with Crippen molar-refractivity contribution in [2.45, 2.75) is 33.7 Å². The average molecular weight is 290 g/mol. The molecular weight excluding hydrogens is 272 g/mol. The molecule has 2 N–H and O–H groups in total. The van der Waals surface area contributed by atoms with Crippen LogP contribution in [0.3, 0.4) is 0 Å². The van der Waals surface area contributed by atoms with Gasteiger partial charge in [-0.3, -0.25) is 10.1 Å². The van der Waals surface area contributed by atoms with E-state index >= 15 is 0 Å². The Labute approximate surface area is 122 Å². The van der Waals surface area contributed by atoms with Crippen LogP contribution in [0.1, 0.15) is 38.3 Å². The number of nitro groups is 1. The largest absolute Gasteiger partial charge is 0.337 e. The van der Waals surface area contributed by atoms with Gasteiger partial charge in [0.2, 0.25) is 11.7 Å². The predicted octanol–water partition coefficient (Wildman–Crippen LogP) is 3.00. The molecule has 1 heterocycles. The first-order chi connectivity index (χ1) is 9.70. The van der Waals surface area contributed by atoms with Gasteiger partial charge < -0.3 is 10.3 Å². The van der Waals surface area contributed by atoms with Crippen molar-refractivity contribution in [2.24, 2.45) is 11.1 Å². The smallest absolute Gasteiger partial charge is 0.270 e. The maximum Gasteiger partial charge on any atom is 0.270 e. The minimum Gasteiger partial charge on any atom is -0.337 e. The van der Waals surface area contributed by atoms with Gasteiger partial charge in [-0.05, 0) is 17.9 Å². The summed E-state index contributed by atoms with van der Waals surface area (Å²) in [6.07, 6.45) is 0. The molecule has 7 nitrogen and oxygen atoms in total. The molecule has 0 saturated carbocycles. The summed E-state index contributed by atoms with van der Waals surface area (Å²) >= 11 is 0. The van der Waals surface area contributed by atoms with Crippen molar-refractivity contribution >= 4 is 5.69 Å². The minimum atomic E-state index is -0.454. The fourth-order valence-corrected chi connectivity index (χ4v) is 1.81. The summed E-state index contributed by atoms with van der Waals surface area (Å²) in [6.45, 7) is 7.75. The van der Waals surface area contributed by atoms with E-state index in [0.717, 1.165) is 5.56 Å². The van der Waals surface area contributed by atoms with E-state index in [-0.39, 0.29) is 11.1 Å². The Kier molecular flexibility index (Phi) is 3.78. The van der Waals surface area contributed by atoms with Gasteiger partial charge in [-0.1, -0.05) is 32.0 Å². The highest BCUT2D eigenvalue weighted by Gasteiger charge is 2.28. The number of benzene rings is 1. The van der Waals surface area contributed by atoms with Crippen molar-refractivity contribution in [2.75, 3.05) is 0 Å². The average Bonchev–Trinajstić information content (AvgIpc) is 2.86. The fraction of sp³-hybridized carbons (Fsp3) is 0.429. The lowest BCUT2D eigenvalue weighted by Gasteiger charge is -2.23. The summed E-state index contributed by atoms with van der Waals surface area (Å²) in [5.74, 6) is 0.634. The minimum absolute atomic E-state index is 0.0120. The quantitative estimate of drug-likeness (QED) is 0.687. The van der Waals surface area contributed by atoms with Gasteiger partial charge in [0.15, 0.2) is 0 Å². The lowest BCUT2D eigenvalue weighted by Crippen LogP contribution is -2.26. The normalized spacial score (nSPS) is 13.2. The van der Waals surface area contributed by atoms with Gasteiger partial charge in [0.1, 0.15) is 0 Å². The third-order valence-electron chi connectivity index (χ3n) is 3.31. The number of nitrogens with zero attached hydrogens (tertiary/aromatic N) is 3. The van der Waals surface area contributed by atoms with E-state index in [1.165, 1.54) is 12.1 Å². The molecule has 0 saturated heterocycles. The van der Waals surface area contributed by atoms with Crippen LogP contribution in [0, 0.1) is 22.5 Å². The molecule has 1 aromatic carbocycles.